The van der Waals surface area contributed by atoms with E-state index in [0.717, 1.165) is 0 Å². The van der Waals surface area contributed by atoms with Crippen molar-refractivity contribution in [1.82, 2.24) is 0 Å². The summed E-state index contributed by atoms with van der Waals surface area (Å²) >= 11 is 0. The summed E-state index contributed by atoms with van der Waals surface area (Å²) in [5, 5.41) is 21.1. The second-order valence-electron chi connectivity index (χ2n) is 2.32. The number of carbonyl (C=O) groups excluding carboxylic acids is 1. The van der Waals surface area contributed by atoms with Crippen LogP contribution >= 0.6 is 0 Å². The zero-order valence-corrected chi connectivity index (χ0v) is 5.99. The van der Waals surface area contributed by atoms with E-state index in [4.69, 9.17) is 15.7 Å². The lowest BCUT2D eigenvalue weighted by molar-refractivity contribution is -0.147. The molecule has 1 saturated heterocycles. The minimum absolute atomic E-state index is 0.166. The van der Waals surface area contributed by atoms with Crippen LogP contribution in [0.15, 0.2) is 5.11 Å². The van der Waals surface area contributed by atoms with Gasteiger partial charge < -0.3 is 14.9 Å². The third kappa shape index (κ3) is 1.48. The maximum atomic E-state index is 10.6. The quantitative estimate of drug-likeness (QED) is 0.239. The van der Waals surface area contributed by atoms with Crippen LogP contribution in [0.2, 0.25) is 0 Å². The van der Waals surface area contributed by atoms with E-state index < -0.39 is 24.3 Å². The van der Waals surface area contributed by atoms with Crippen LogP contribution < -0.4 is 0 Å². The number of esters is 1. The highest BCUT2D eigenvalue weighted by Gasteiger charge is 2.41. The fourth-order valence-corrected chi connectivity index (χ4v) is 0.894. The first-order valence-corrected chi connectivity index (χ1v) is 3.24. The Hall–Kier alpha value is -1.30. The molecule has 1 fully saturated rings. The van der Waals surface area contributed by atoms with Crippen molar-refractivity contribution >= 4 is 5.97 Å². The Kier molecular flexibility index (Phi) is 2.49. The zero-order valence-electron chi connectivity index (χ0n) is 5.99. The number of rotatable bonds is 2. The molecule has 12 heavy (non-hydrogen) atoms. The predicted molar refractivity (Wildman–Crippen MR) is 35.9 cm³/mol. The molecule has 0 aliphatic carbocycles. The molecular formula is C5H7N3O4. The average molecular weight is 173 g/mol. The van der Waals surface area contributed by atoms with E-state index in [9.17, 15) is 4.79 Å². The summed E-state index contributed by atoms with van der Waals surface area (Å²) in [5.74, 6) is -0.888. The Bertz CT molecular complexity index is 235. The molecule has 1 aliphatic heterocycles. The molecule has 0 unspecified atom stereocenters. The fourth-order valence-electron chi connectivity index (χ4n) is 0.894. The zero-order chi connectivity index (χ0) is 9.14. The minimum Gasteiger partial charge on any atom is -0.457 e. The van der Waals surface area contributed by atoms with E-state index in [1.54, 1.807) is 0 Å². The van der Waals surface area contributed by atoms with E-state index in [0.29, 0.717) is 0 Å². The standard InChI is InChI=1S/C5H7N3O4/c6-8-7-1-2-3(9)4(10)5(11)12-2/h2-4,9-10H,1H2/t2-,3+,4+/m1/s1. The lowest BCUT2D eigenvalue weighted by Gasteiger charge is -2.08. The molecule has 1 heterocycles. The molecule has 0 saturated carbocycles. The summed E-state index contributed by atoms with van der Waals surface area (Å²) in [6.07, 6.45) is -3.75. The summed E-state index contributed by atoms with van der Waals surface area (Å²) in [5.41, 5.74) is 7.92. The molecule has 0 aromatic heterocycles. The number of ether oxygens (including phenoxy) is 1. The van der Waals surface area contributed by atoms with Crippen molar-refractivity contribution < 1.29 is 19.7 Å². The van der Waals surface area contributed by atoms with Gasteiger partial charge in [-0.25, -0.2) is 4.79 Å². The average Bonchev–Trinajstić information content (AvgIpc) is 2.30. The molecule has 1 rings (SSSR count). The van der Waals surface area contributed by atoms with Gasteiger partial charge in [0.25, 0.3) is 0 Å². The number of aliphatic hydroxyl groups excluding tert-OH is 2. The van der Waals surface area contributed by atoms with Gasteiger partial charge in [0.05, 0.1) is 6.54 Å². The van der Waals surface area contributed by atoms with Gasteiger partial charge in [-0.2, -0.15) is 0 Å². The maximum Gasteiger partial charge on any atom is 0.338 e. The molecule has 7 heteroatoms. The monoisotopic (exact) mass is 173 g/mol. The van der Waals surface area contributed by atoms with Crippen LogP contribution in [0.5, 0.6) is 0 Å². The number of azide groups is 1. The molecular weight excluding hydrogens is 166 g/mol. The van der Waals surface area contributed by atoms with Crippen molar-refractivity contribution in [2.45, 2.75) is 18.3 Å². The van der Waals surface area contributed by atoms with Crippen LogP contribution in [0, 0.1) is 0 Å². The van der Waals surface area contributed by atoms with E-state index in [-0.39, 0.29) is 6.54 Å². The van der Waals surface area contributed by atoms with Crippen LogP contribution in [0.3, 0.4) is 0 Å². The molecule has 0 aromatic carbocycles. The van der Waals surface area contributed by atoms with Gasteiger partial charge in [-0.1, -0.05) is 5.11 Å². The van der Waals surface area contributed by atoms with Gasteiger partial charge in [0.2, 0.25) is 0 Å². The van der Waals surface area contributed by atoms with Gasteiger partial charge in [0.1, 0.15) is 12.2 Å². The van der Waals surface area contributed by atoms with Crippen molar-refractivity contribution in [1.29, 1.82) is 0 Å². The maximum absolute atomic E-state index is 10.6. The highest BCUT2D eigenvalue weighted by molar-refractivity contribution is 5.77. The van der Waals surface area contributed by atoms with Crippen molar-refractivity contribution in [3.63, 3.8) is 0 Å². The van der Waals surface area contributed by atoms with Crippen molar-refractivity contribution in [3.8, 4) is 0 Å². The molecule has 0 radical (unpaired) electrons. The highest BCUT2D eigenvalue weighted by atomic mass is 16.6. The second kappa shape index (κ2) is 3.40. The van der Waals surface area contributed by atoms with E-state index in [1.165, 1.54) is 0 Å². The van der Waals surface area contributed by atoms with E-state index in [1.807, 2.05) is 0 Å². The van der Waals surface area contributed by atoms with Crippen molar-refractivity contribution in [2.75, 3.05) is 6.54 Å². The molecule has 66 valence electrons. The van der Waals surface area contributed by atoms with Crippen LogP contribution in [0.25, 0.3) is 10.4 Å². The Balaban J connectivity index is 2.58. The summed E-state index contributed by atoms with van der Waals surface area (Å²) in [7, 11) is 0. The van der Waals surface area contributed by atoms with Crippen LogP contribution in [0.4, 0.5) is 0 Å². The second-order valence-corrected chi connectivity index (χ2v) is 2.32. The third-order valence-electron chi connectivity index (χ3n) is 1.54. The number of carbonyl (C=O) groups is 1. The smallest absolute Gasteiger partial charge is 0.338 e. The molecule has 0 aromatic rings. The number of aliphatic hydroxyl groups is 2. The topological polar surface area (TPSA) is 116 Å². The van der Waals surface area contributed by atoms with Gasteiger partial charge in [-0.15, -0.1) is 0 Å². The van der Waals surface area contributed by atoms with Gasteiger partial charge in [0.15, 0.2) is 6.10 Å². The van der Waals surface area contributed by atoms with Crippen LogP contribution in [-0.4, -0.2) is 41.0 Å². The Morgan fingerprint density at radius 1 is 1.67 bits per heavy atom. The Morgan fingerprint density at radius 2 is 2.33 bits per heavy atom. The first-order valence-electron chi connectivity index (χ1n) is 3.24. The molecule has 2 N–H and O–H groups in total. The molecule has 3 atom stereocenters. The summed E-state index contributed by atoms with van der Waals surface area (Å²) < 4.78 is 4.48. The van der Waals surface area contributed by atoms with Gasteiger partial charge >= 0.3 is 5.97 Å². The Labute approximate surface area is 67.2 Å². The molecule has 0 amide bonds. The normalized spacial score (nSPS) is 34.2. The minimum atomic E-state index is -1.52. The lowest BCUT2D eigenvalue weighted by Crippen LogP contribution is -2.32. The van der Waals surface area contributed by atoms with E-state index >= 15 is 0 Å². The largest absolute Gasteiger partial charge is 0.457 e. The van der Waals surface area contributed by atoms with E-state index in [2.05, 4.69) is 14.8 Å². The Morgan fingerprint density at radius 3 is 2.75 bits per heavy atom. The molecule has 1 aliphatic rings. The lowest BCUT2D eigenvalue weighted by atomic mass is 10.1. The number of hydrogen-bond donors (Lipinski definition) is 2. The number of cyclic esters (lactones) is 1. The highest BCUT2D eigenvalue weighted by Crippen LogP contribution is 2.15. The first-order chi connectivity index (χ1) is 5.66. The summed E-state index contributed by atoms with van der Waals surface area (Å²) in [6.45, 7) is -0.166. The number of hydrogen-bond acceptors (Lipinski definition) is 5. The SMILES string of the molecule is [N-]=[N+]=NC[C@H]1OC(=O)[C@@H](O)[C@H]1O. The van der Waals surface area contributed by atoms with Crippen LogP contribution in [-0.2, 0) is 9.53 Å². The van der Waals surface area contributed by atoms with Crippen LogP contribution in [0.1, 0.15) is 0 Å². The number of nitrogens with zero attached hydrogens (tertiary/aromatic N) is 3. The first kappa shape index (κ1) is 8.79. The predicted octanol–water partition coefficient (Wildman–Crippen LogP) is -1.06. The third-order valence-corrected chi connectivity index (χ3v) is 1.54. The van der Waals surface area contributed by atoms with Crippen molar-refractivity contribution in [2.24, 2.45) is 5.11 Å². The summed E-state index contributed by atoms with van der Waals surface area (Å²) in [4.78, 5) is 13.0. The van der Waals surface area contributed by atoms with Crippen molar-refractivity contribution in [3.05, 3.63) is 10.4 Å². The summed E-state index contributed by atoms with van der Waals surface area (Å²) in [6, 6.07) is 0. The molecule has 0 bridgehead atoms. The molecule has 7 nitrogen and oxygen atoms in total. The van der Waals surface area contributed by atoms with Gasteiger partial charge in [0, 0.05) is 4.91 Å². The fraction of sp³-hybridized carbons (Fsp3) is 0.800. The van der Waals surface area contributed by atoms with Gasteiger partial charge in [-0.05, 0) is 5.53 Å². The molecule has 0 spiro atoms. The van der Waals surface area contributed by atoms with Gasteiger partial charge in [-0.3, -0.25) is 0 Å².